The molecule has 0 spiro atoms. The number of imidazole rings is 1. The summed E-state index contributed by atoms with van der Waals surface area (Å²) in [6.45, 7) is 3.81. The number of ether oxygens (including phenoxy) is 1. The molecule has 0 bridgehead atoms. The molecule has 0 aliphatic carbocycles. The van der Waals surface area contributed by atoms with Crippen LogP contribution in [0.4, 0.5) is 4.79 Å². The summed E-state index contributed by atoms with van der Waals surface area (Å²) in [5.41, 5.74) is 2.24. The van der Waals surface area contributed by atoms with Crippen LogP contribution < -0.4 is 16.0 Å². The lowest BCUT2D eigenvalue weighted by molar-refractivity contribution is -0.130. The maximum atomic E-state index is 13.8. The van der Waals surface area contributed by atoms with E-state index >= 15 is 0 Å². The molecule has 1 heterocycles. The number of H-pyrrole nitrogens is 1. The molecule has 10 nitrogen and oxygen atoms in total. The number of rotatable bonds is 14. The quantitative estimate of drug-likeness (QED) is 0.153. The Kier molecular flexibility index (Phi) is 11.3. The van der Waals surface area contributed by atoms with Crippen molar-refractivity contribution in [3.63, 3.8) is 0 Å². The minimum atomic E-state index is -1.05. The van der Waals surface area contributed by atoms with Gasteiger partial charge in [0.05, 0.1) is 24.7 Å². The summed E-state index contributed by atoms with van der Waals surface area (Å²) in [5.74, 6) is -0.760. The highest BCUT2D eigenvalue weighted by Gasteiger charge is 2.29. The summed E-state index contributed by atoms with van der Waals surface area (Å²) in [6.07, 6.45) is 3.24. The predicted octanol–water partition coefficient (Wildman–Crippen LogP) is 3.65. The molecule has 0 aliphatic heterocycles. The van der Waals surface area contributed by atoms with Crippen LogP contribution in [-0.4, -0.2) is 57.7 Å². The van der Waals surface area contributed by atoms with Gasteiger partial charge in [-0.15, -0.1) is 0 Å². The number of alkyl carbamates (subject to hydrolysis) is 1. The average molecular weight is 586 g/mol. The molecule has 4 rings (SSSR count). The normalized spacial score (nSPS) is 13.2. The molecule has 43 heavy (non-hydrogen) atoms. The molecule has 10 heteroatoms. The average Bonchev–Trinajstić information content (AvgIpc) is 3.52. The third kappa shape index (κ3) is 9.40. The van der Waals surface area contributed by atoms with Crippen molar-refractivity contribution in [2.24, 2.45) is 5.92 Å². The Labute approximate surface area is 251 Å². The molecule has 4 aromatic rings. The van der Waals surface area contributed by atoms with Gasteiger partial charge in [-0.3, -0.25) is 9.59 Å². The van der Waals surface area contributed by atoms with Gasteiger partial charge in [-0.25, -0.2) is 9.78 Å². The fourth-order valence-corrected chi connectivity index (χ4v) is 4.95. The standard InChI is InChI=1S/C33H39N5O5/c1-22(2)15-27(19-39)36-31(40)30(17-26-18-34-21-35-26)37-32(41)29(38-33(42)43-20-23-9-4-3-5-10-23)16-25-13-8-12-24-11-6-7-14-28(24)25/h3-14,18,21-22,27,29-30,39H,15-17,19-20H2,1-2H3,(H,34,35)(H,36,40)(H,37,41)(H,38,42)/t27-,29+,30-/m0/s1. The zero-order valence-corrected chi connectivity index (χ0v) is 24.5. The van der Waals surface area contributed by atoms with E-state index in [-0.39, 0.29) is 32.0 Å². The van der Waals surface area contributed by atoms with Gasteiger partial charge in [-0.05, 0) is 34.2 Å². The van der Waals surface area contributed by atoms with Crippen molar-refractivity contribution in [3.05, 3.63) is 102 Å². The van der Waals surface area contributed by atoms with Crippen LogP contribution in [0.15, 0.2) is 85.3 Å². The lowest BCUT2D eigenvalue weighted by Crippen LogP contribution is -2.56. The number of aliphatic hydroxyl groups is 1. The van der Waals surface area contributed by atoms with E-state index in [4.69, 9.17) is 4.74 Å². The molecule has 3 atom stereocenters. The molecule has 0 radical (unpaired) electrons. The van der Waals surface area contributed by atoms with E-state index in [2.05, 4.69) is 25.9 Å². The van der Waals surface area contributed by atoms with Crippen molar-refractivity contribution in [1.29, 1.82) is 0 Å². The van der Waals surface area contributed by atoms with Gasteiger partial charge < -0.3 is 30.8 Å². The predicted molar refractivity (Wildman–Crippen MR) is 164 cm³/mol. The molecule has 5 N–H and O–H groups in total. The number of carbonyl (C=O) groups excluding carboxylic acids is 3. The molecular formula is C33H39N5O5. The minimum Gasteiger partial charge on any atom is -0.445 e. The number of nitrogens with zero attached hydrogens (tertiary/aromatic N) is 1. The molecule has 0 saturated carbocycles. The molecule has 3 amide bonds. The smallest absolute Gasteiger partial charge is 0.408 e. The molecular weight excluding hydrogens is 546 g/mol. The first kappa shape index (κ1) is 31.2. The summed E-state index contributed by atoms with van der Waals surface area (Å²) in [4.78, 5) is 47.2. The SMILES string of the molecule is CC(C)C[C@@H](CO)NC(=O)[C@H](Cc1c[nH]cn1)NC(=O)[C@@H](Cc1cccc2ccccc12)NC(=O)OCc1ccccc1. The van der Waals surface area contributed by atoms with Crippen molar-refractivity contribution in [1.82, 2.24) is 25.9 Å². The van der Waals surface area contributed by atoms with E-state index in [1.807, 2.05) is 86.6 Å². The molecule has 226 valence electrons. The lowest BCUT2D eigenvalue weighted by atomic mass is 9.98. The van der Waals surface area contributed by atoms with E-state index in [9.17, 15) is 19.5 Å². The summed E-state index contributed by atoms with van der Waals surface area (Å²) >= 11 is 0. The second-order valence-electron chi connectivity index (χ2n) is 10.9. The van der Waals surface area contributed by atoms with E-state index in [0.29, 0.717) is 12.1 Å². The van der Waals surface area contributed by atoms with Gasteiger partial charge in [-0.1, -0.05) is 86.6 Å². The maximum absolute atomic E-state index is 13.8. The summed E-state index contributed by atoms with van der Waals surface area (Å²) in [5, 5.41) is 20.2. The number of aromatic amines is 1. The molecule has 0 saturated heterocycles. The number of aliphatic hydroxyl groups excluding tert-OH is 1. The van der Waals surface area contributed by atoms with Gasteiger partial charge in [0, 0.05) is 19.0 Å². The Morgan fingerprint density at radius 2 is 1.56 bits per heavy atom. The van der Waals surface area contributed by atoms with Crippen LogP contribution in [0.1, 0.15) is 37.1 Å². The third-order valence-electron chi connectivity index (χ3n) is 7.05. The lowest BCUT2D eigenvalue weighted by Gasteiger charge is -2.25. The third-order valence-corrected chi connectivity index (χ3v) is 7.05. The van der Waals surface area contributed by atoms with Crippen molar-refractivity contribution in [2.75, 3.05) is 6.61 Å². The summed E-state index contributed by atoms with van der Waals surface area (Å²) in [6, 6.07) is 20.3. The number of hydrogen-bond donors (Lipinski definition) is 5. The van der Waals surface area contributed by atoms with Crippen LogP contribution in [0, 0.1) is 5.92 Å². The Morgan fingerprint density at radius 3 is 2.28 bits per heavy atom. The van der Waals surface area contributed by atoms with Crippen LogP contribution in [0.2, 0.25) is 0 Å². The number of carbonyl (C=O) groups is 3. The number of amides is 3. The number of benzene rings is 3. The van der Waals surface area contributed by atoms with E-state index in [0.717, 1.165) is 21.9 Å². The number of hydrogen-bond acceptors (Lipinski definition) is 6. The largest absolute Gasteiger partial charge is 0.445 e. The van der Waals surface area contributed by atoms with Gasteiger partial charge in [-0.2, -0.15) is 0 Å². The second kappa shape index (κ2) is 15.5. The highest BCUT2D eigenvalue weighted by molar-refractivity contribution is 5.92. The maximum Gasteiger partial charge on any atom is 0.408 e. The first-order chi connectivity index (χ1) is 20.8. The van der Waals surface area contributed by atoms with Gasteiger partial charge in [0.15, 0.2) is 0 Å². The zero-order chi connectivity index (χ0) is 30.6. The fraction of sp³-hybridized carbons (Fsp3) is 0.333. The first-order valence-corrected chi connectivity index (χ1v) is 14.5. The van der Waals surface area contributed by atoms with Crippen LogP contribution >= 0.6 is 0 Å². The van der Waals surface area contributed by atoms with Gasteiger partial charge in [0.1, 0.15) is 18.7 Å². The van der Waals surface area contributed by atoms with E-state index in [1.165, 1.54) is 6.33 Å². The van der Waals surface area contributed by atoms with Crippen LogP contribution in [0.3, 0.4) is 0 Å². The fourth-order valence-electron chi connectivity index (χ4n) is 4.95. The molecule has 0 fully saturated rings. The minimum absolute atomic E-state index is 0.0396. The van der Waals surface area contributed by atoms with Crippen LogP contribution in [0.25, 0.3) is 10.8 Å². The van der Waals surface area contributed by atoms with Gasteiger partial charge >= 0.3 is 6.09 Å². The monoisotopic (exact) mass is 585 g/mol. The van der Waals surface area contributed by atoms with Gasteiger partial charge in [0.2, 0.25) is 11.8 Å². The van der Waals surface area contributed by atoms with Gasteiger partial charge in [0.25, 0.3) is 0 Å². The van der Waals surface area contributed by atoms with Crippen LogP contribution in [-0.2, 0) is 33.8 Å². The summed E-state index contributed by atoms with van der Waals surface area (Å²) < 4.78 is 5.42. The first-order valence-electron chi connectivity index (χ1n) is 14.5. The van der Waals surface area contributed by atoms with Crippen molar-refractivity contribution in [3.8, 4) is 0 Å². The molecule has 0 aliphatic rings. The topological polar surface area (TPSA) is 145 Å². The molecule has 0 unspecified atom stereocenters. The van der Waals surface area contributed by atoms with E-state index < -0.39 is 36.0 Å². The number of nitrogens with one attached hydrogen (secondary N) is 4. The Bertz CT molecular complexity index is 1470. The van der Waals surface area contributed by atoms with E-state index in [1.54, 1.807) is 6.20 Å². The van der Waals surface area contributed by atoms with Crippen LogP contribution in [0.5, 0.6) is 0 Å². The summed E-state index contributed by atoms with van der Waals surface area (Å²) in [7, 11) is 0. The highest BCUT2D eigenvalue weighted by atomic mass is 16.5. The Morgan fingerprint density at radius 1 is 0.860 bits per heavy atom. The van der Waals surface area contributed by atoms with Crippen molar-refractivity contribution >= 4 is 28.7 Å². The highest BCUT2D eigenvalue weighted by Crippen LogP contribution is 2.20. The number of aromatic nitrogens is 2. The second-order valence-corrected chi connectivity index (χ2v) is 10.9. The Balaban J connectivity index is 1.55. The Hall–Kier alpha value is -4.70. The zero-order valence-electron chi connectivity index (χ0n) is 24.5. The number of fused-ring (bicyclic) bond motifs is 1. The van der Waals surface area contributed by atoms with Crippen molar-refractivity contribution in [2.45, 2.75) is 57.8 Å². The van der Waals surface area contributed by atoms with Crippen molar-refractivity contribution < 1.29 is 24.2 Å². The molecule has 1 aromatic heterocycles. The molecule has 3 aromatic carbocycles.